The van der Waals surface area contributed by atoms with Crippen LogP contribution in [0.15, 0.2) is 42.5 Å². The van der Waals surface area contributed by atoms with Crippen molar-refractivity contribution in [1.82, 2.24) is 9.80 Å². The van der Waals surface area contributed by atoms with Gasteiger partial charge in [0.25, 0.3) is 0 Å². The summed E-state index contributed by atoms with van der Waals surface area (Å²) in [7, 11) is 0. The Hall–Kier alpha value is -2.61. The molecule has 35 heavy (non-hydrogen) atoms. The van der Waals surface area contributed by atoms with Gasteiger partial charge in [0.05, 0.1) is 19.3 Å². The number of rotatable bonds is 5. The molecule has 0 spiro atoms. The van der Waals surface area contributed by atoms with Gasteiger partial charge in [0, 0.05) is 44.3 Å². The maximum absolute atomic E-state index is 12.5. The molecule has 2 aromatic rings. The molecule has 7 nitrogen and oxygen atoms in total. The number of fused-ring (bicyclic) bond motifs is 1. The highest BCUT2D eigenvalue weighted by molar-refractivity contribution is 5.94. The molecule has 0 aliphatic carbocycles. The second-order valence-corrected chi connectivity index (χ2v) is 9.63. The number of ether oxygens (including phenoxy) is 1. The largest absolute Gasteiger partial charge is 0.465 e. The summed E-state index contributed by atoms with van der Waals surface area (Å²) in [5.74, 6) is -0.0289. The summed E-state index contributed by atoms with van der Waals surface area (Å²) in [6.45, 7) is 11.7. The maximum atomic E-state index is 12.5. The van der Waals surface area contributed by atoms with Crippen molar-refractivity contribution in [3.05, 3.63) is 53.6 Å². The highest BCUT2D eigenvalue weighted by atomic mass is 35.5. The van der Waals surface area contributed by atoms with Crippen molar-refractivity contribution in [3.63, 3.8) is 0 Å². The molecule has 8 heteroatoms. The maximum Gasteiger partial charge on any atom is 0.408 e. The van der Waals surface area contributed by atoms with Crippen molar-refractivity contribution in [2.24, 2.45) is 0 Å². The van der Waals surface area contributed by atoms with Crippen molar-refractivity contribution < 1.29 is 19.4 Å². The van der Waals surface area contributed by atoms with Gasteiger partial charge in [-0.15, -0.1) is 12.4 Å². The number of morpholine rings is 1. The third-order valence-electron chi connectivity index (χ3n) is 6.90. The molecule has 2 aliphatic rings. The third kappa shape index (κ3) is 5.80. The second kappa shape index (κ2) is 11.4. The van der Waals surface area contributed by atoms with E-state index < -0.39 is 6.09 Å². The topological polar surface area (TPSA) is 73.3 Å². The quantitative estimate of drug-likeness (QED) is 0.611. The van der Waals surface area contributed by atoms with E-state index in [0.717, 1.165) is 55.2 Å². The number of carbonyl (C=O) groups is 2. The van der Waals surface area contributed by atoms with Crippen molar-refractivity contribution in [2.45, 2.75) is 58.8 Å². The van der Waals surface area contributed by atoms with Gasteiger partial charge in [0.2, 0.25) is 5.91 Å². The van der Waals surface area contributed by atoms with Crippen LogP contribution in [-0.2, 0) is 16.1 Å². The molecular weight excluding hydrogens is 466 g/mol. The molecule has 2 aliphatic heterocycles. The molecule has 1 N–H and O–H groups in total. The minimum atomic E-state index is -0.938. The van der Waals surface area contributed by atoms with E-state index in [1.807, 2.05) is 32.9 Å². The van der Waals surface area contributed by atoms with Gasteiger partial charge < -0.3 is 14.7 Å². The van der Waals surface area contributed by atoms with E-state index in [4.69, 9.17) is 4.74 Å². The van der Waals surface area contributed by atoms with Crippen molar-refractivity contribution >= 4 is 30.1 Å². The van der Waals surface area contributed by atoms with Crippen molar-refractivity contribution in [2.75, 3.05) is 31.2 Å². The molecule has 0 radical (unpaired) electrons. The lowest BCUT2D eigenvalue weighted by Crippen LogP contribution is -2.48. The lowest BCUT2D eigenvalue weighted by molar-refractivity contribution is -0.117. The number of hydrogen-bond acceptors (Lipinski definition) is 4. The monoisotopic (exact) mass is 501 g/mol. The Bertz CT molecular complexity index is 1040. The molecular formula is C27H36ClN3O4. The van der Waals surface area contributed by atoms with E-state index in [-0.39, 0.29) is 36.4 Å². The zero-order valence-corrected chi connectivity index (χ0v) is 21.8. The number of carboxylic acid groups (broad SMARTS) is 1. The highest BCUT2D eigenvalue weighted by Crippen LogP contribution is 2.43. The van der Waals surface area contributed by atoms with Crippen LogP contribution in [0.25, 0.3) is 11.1 Å². The Morgan fingerprint density at radius 1 is 1.09 bits per heavy atom. The Morgan fingerprint density at radius 3 is 2.29 bits per heavy atom. The van der Waals surface area contributed by atoms with Gasteiger partial charge >= 0.3 is 6.09 Å². The SMILES string of the molecule is CC(=O)N1c2ccc(-c3ccc(CN4CCOCC4)cc3)cc2[C@H](N(C(=O)O)C(C)C)C[C@@H]1C.Cl. The fourth-order valence-corrected chi connectivity index (χ4v) is 5.29. The summed E-state index contributed by atoms with van der Waals surface area (Å²) in [5.41, 5.74) is 5.05. The number of nitrogens with zero attached hydrogens (tertiary/aromatic N) is 3. The fourth-order valence-electron chi connectivity index (χ4n) is 5.29. The number of hydrogen-bond donors (Lipinski definition) is 1. The van der Waals surface area contributed by atoms with Crippen LogP contribution in [0.5, 0.6) is 0 Å². The normalized spacial score (nSPS) is 20.2. The number of halogens is 1. The molecule has 2 amide bonds. The van der Waals surface area contributed by atoms with E-state index in [1.54, 1.807) is 11.8 Å². The summed E-state index contributed by atoms with van der Waals surface area (Å²) >= 11 is 0. The van der Waals surface area contributed by atoms with Crippen LogP contribution >= 0.6 is 12.4 Å². The zero-order chi connectivity index (χ0) is 24.4. The average Bonchev–Trinajstić information content (AvgIpc) is 2.79. The smallest absolute Gasteiger partial charge is 0.408 e. The minimum absolute atomic E-state index is 0. The van der Waals surface area contributed by atoms with Crippen LogP contribution in [-0.4, -0.2) is 65.3 Å². The zero-order valence-electron chi connectivity index (χ0n) is 20.9. The summed E-state index contributed by atoms with van der Waals surface area (Å²) in [6.07, 6.45) is -0.369. The van der Waals surface area contributed by atoms with Crippen LogP contribution in [0.4, 0.5) is 10.5 Å². The van der Waals surface area contributed by atoms with Crippen LogP contribution in [0.1, 0.15) is 51.3 Å². The Labute approximate surface area is 214 Å². The lowest BCUT2D eigenvalue weighted by Gasteiger charge is -2.43. The second-order valence-electron chi connectivity index (χ2n) is 9.63. The van der Waals surface area contributed by atoms with Crippen molar-refractivity contribution in [3.8, 4) is 11.1 Å². The fraction of sp³-hybridized carbons (Fsp3) is 0.481. The lowest BCUT2D eigenvalue weighted by atomic mass is 9.87. The first-order chi connectivity index (χ1) is 16.3. The molecule has 0 unspecified atom stereocenters. The van der Waals surface area contributed by atoms with Gasteiger partial charge in [0.1, 0.15) is 0 Å². The number of anilines is 1. The molecule has 0 aromatic heterocycles. The summed E-state index contributed by atoms with van der Waals surface area (Å²) in [6, 6.07) is 14.1. The predicted octanol–water partition coefficient (Wildman–Crippen LogP) is 5.18. The minimum Gasteiger partial charge on any atom is -0.465 e. The first-order valence-corrected chi connectivity index (χ1v) is 12.1. The van der Waals surface area contributed by atoms with Gasteiger partial charge in [-0.1, -0.05) is 30.3 Å². The molecule has 0 bridgehead atoms. The summed E-state index contributed by atoms with van der Waals surface area (Å²) in [5, 5.41) is 9.97. The van der Waals surface area contributed by atoms with E-state index >= 15 is 0 Å². The standard InChI is InChI=1S/C27H35N3O4.ClH/c1-18(2)29(27(32)33)26-15-19(3)30(20(4)31)25-10-9-23(16-24(25)26)22-7-5-21(6-8-22)17-28-11-13-34-14-12-28;/h5-10,16,18-19,26H,11-15,17H2,1-4H3,(H,32,33);1H/t19-,26+;/m0./s1. The van der Waals surface area contributed by atoms with Gasteiger partial charge in [-0.25, -0.2) is 4.79 Å². The first kappa shape index (κ1) is 27.0. The Morgan fingerprint density at radius 2 is 1.71 bits per heavy atom. The summed E-state index contributed by atoms with van der Waals surface area (Å²) in [4.78, 5) is 30.3. The van der Waals surface area contributed by atoms with Crippen LogP contribution < -0.4 is 4.90 Å². The van der Waals surface area contributed by atoms with E-state index in [2.05, 4.69) is 35.2 Å². The summed E-state index contributed by atoms with van der Waals surface area (Å²) < 4.78 is 5.44. The van der Waals surface area contributed by atoms with Gasteiger partial charge in [-0.2, -0.15) is 0 Å². The molecule has 2 heterocycles. The molecule has 190 valence electrons. The predicted molar refractivity (Wildman–Crippen MR) is 140 cm³/mol. The van der Waals surface area contributed by atoms with E-state index in [0.29, 0.717) is 6.42 Å². The Balaban J connectivity index is 0.00000342. The molecule has 1 saturated heterocycles. The number of amides is 2. The van der Waals surface area contributed by atoms with Gasteiger partial charge in [0.15, 0.2) is 0 Å². The van der Waals surface area contributed by atoms with E-state index in [1.165, 1.54) is 10.5 Å². The molecule has 1 fully saturated rings. The number of benzene rings is 2. The molecule has 2 atom stereocenters. The Kier molecular flexibility index (Phi) is 8.80. The molecule has 2 aromatic carbocycles. The first-order valence-electron chi connectivity index (χ1n) is 12.1. The van der Waals surface area contributed by atoms with Crippen molar-refractivity contribution in [1.29, 1.82) is 0 Å². The average molecular weight is 502 g/mol. The van der Waals surface area contributed by atoms with Crippen LogP contribution in [0, 0.1) is 0 Å². The van der Waals surface area contributed by atoms with E-state index in [9.17, 15) is 14.7 Å². The van der Waals surface area contributed by atoms with Crippen LogP contribution in [0.2, 0.25) is 0 Å². The van der Waals surface area contributed by atoms with Gasteiger partial charge in [-0.05, 0) is 61.6 Å². The number of carbonyl (C=O) groups excluding carboxylic acids is 1. The van der Waals surface area contributed by atoms with Crippen LogP contribution in [0.3, 0.4) is 0 Å². The molecule has 4 rings (SSSR count). The molecule has 0 saturated carbocycles. The van der Waals surface area contributed by atoms with Gasteiger partial charge in [-0.3, -0.25) is 14.6 Å². The third-order valence-corrected chi connectivity index (χ3v) is 6.90. The highest BCUT2D eigenvalue weighted by Gasteiger charge is 2.38.